The average molecular weight is 236 g/mol. The number of aromatic nitrogens is 1. The van der Waals surface area contributed by atoms with Gasteiger partial charge in [-0.2, -0.15) is 0 Å². The number of rotatable bonds is 2. The molecule has 0 N–H and O–H groups in total. The summed E-state index contributed by atoms with van der Waals surface area (Å²) in [5.74, 6) is -1.19. The summed E-state index contributed by atoms with van der Waals surface area (Å²) in [5.41, 5.74) is -0.828. The normalized spacial score (nSPS) is 17.4. The number of hydrogen-bond acceptors (Lipinski definition) is 4. The van der Waals surface area contributed by atoms with Gasteiger partial charge in [0.1, 0.15) is 5.41 Å². The van der Waals surface area contributed by atoms with E-state index in [0.717, 1.165) is 0 Å². The van der Waals surface area contributed by atoms with Crippen molar-refractivity contribution < 1.29 is 44.2 Å². The predicted octanol–water partition coefficient (Wildman–Crippen LogP) is -3.24. The number of carbonyl (C=O) groups is 1. The number of carbonyl (C=O) groups excluding carboxylic acids is 1. The van der Waals surface area contributed by atoms with Gasteiger partial charge >= 0.3 is 29.6 Å². The van der Waals surface area contributed by atoms with Crippen LogP contribution in [0, 0.1) is 0 Å². The Labute approximate surface area is 114 Å². The van der Waals surface area contributed by atoms with Crippen LogP contribution in [0.4, 0.5) is 0 Å². The third-order valence-electron chi connectivity index (χ3n) is 2.30. The standard InChI is InChI=1S/C9H8ClNO3.Na/c10-6-2-1-3-11-7(6)9(8(12)13)4-14-5-9;/h1-3H,4-5H2,(H,12,13);/q;+1/p-1. The van der Waals surface area contributed by atoms with Gasteiger partial charge in [0.2, 0.25) is 0 Å². The molecule has 0 radical (unpaired) electrons. The van der Waals surface area contributed by atoms with E-state index in [1.807, 2.05) is 0 Å². The molecule has 4 nitrogen and oxygen atoms in total. The van der Waals surface area contributed by atoms with Crippen LogP contribution in [-0.4, -0.2) is 24.2 Å². The van der Waals surface area contributed by atoms with Gasteiger partial charge in [0.15, 0.2) is 0 Å². The molecule has 0 atom stereocenters. The Kier molecular flexibility index (Phi) is 4.14. The Morgan fingerprint density at radius 1 is 1.60 bits per heavy atom. The van der Waals surface area contributed by atoms with Crippen LogP contribution >= 0.6 is 11.6 Å². The second-order valence-corrected chi connectivity index (χ2v) is 3.60. The Bertz CT molecular complexity index is 381. The van der Waals surface area contributed by atoms with Gasteiger partial charge in [0, 0.05) is 6.20 Å². The quantitative estimate of drug-likeness (QED) is 0.506. The van der Waals surface area contributed by atoms with Gasteiger partial charge in [-0.15, -0.1) is 0 Å². The molecular formula is C9H7ClNNaO3. The number of pyridine rings is 1. The first-order chi connectivity index (χ1) is 6.67. The van der Waals surface area contributed by atoms with Crippen molar-refractivity contribution >= 4 is 17.6 Å². The molecule has 1 fully saturated rings. The van der Waals surface area contributed by atoms with Crippen LogP contribution in [0.5, 0.6) is 0 Å². The molecule has 1 aromatic heterocycles. The summed E-state index contributed by atoms with van der Waals surface area (Å²) in [7, 11) is 0. The topological polar surface area (TPSA) is 62.2 Å². The van der Waals surface area contributed by atoms with E-state index in [2.05, 4.69) is 4.98 Å². The van der Waals surface area contributed by atoms with E-state index in [1.54, 1.807) is 12.1 Å². The van der Waals surface area contributed by atoms with Gasteiger partial charge in [-0.1, -0.05) is 11.6 Å². The SMILES string of the molecule is O=C([O-])C1(c2ncccc2Cl)COC1.[Na+]. The zero-order valence-corrected chi connectivity index (χ0v) is 11.0. The molecular weight excluding hydrogens is 229 g/mol. The number of nitrogens with zero attached hydrogens (tertiary/aromatic N) is 1. The molecule has 0 saturated carbocycles. The maximum atomic E-state index is 11.0. The smallest absolute Gasteiger partial charge is 0.549 e. The zero-order chi connectivity index (χ0) is 10.2. The molecule has 1 saturated heterocycles. The van der Waals surface area contributed by atoms with E-state index in [4.69, 9.17) is 16.3 Å². The summed E-state index contributed by atoms with van der Waals surface area (Å²) in [5, 5.41) is 11.3. The first kappa shape index (κ1) is 12.9. The van der Waals surface area contributed by atoms with Crippen LogP contribution in [0.3, 0.4) is 0 Å². The van der Waals surface area contributed by atoms with Crippen molar-refractivity contribution in [3.63, 3.8) is 0 Å². The summed E-state index contributed by atoms with van der Waals surface area (Å²) in [6.07, 6.45) is 1.50. The minimum atomic E-state index is -1.19. The van der Waals surface area contributed by atoms with Gasteiger partial charge in [0.25, 0.3) is 0 Å². The van der Waals surface area contributed by atoms with Crippen molar-refractivity contribution in [1.82, 2.24) is 4.98 Å². The second kappa shape index (κ2) is 4.80. The van der Waals surface area contributed by atoms with Crippen molar-refractivity contribution in [2.45, 2.75) is 5.41 Å². The van der Waals surface area contributed by atoms with Gasteiger partial charge < -0.3 is 14.6 Å². The number of carboxylic acid groups (broad SMARTS) is 1. The molecule has 6 heteroatoms. The third kappa shape index (κ3) is 2.05. The molecule has 74 valence electrons. The van der Waals surface area contributed by atoms with Crippen molar-refractivity contribution in [2.75, 3.05) is 13.2 Å². The molecule has 1 aliphatic rings. The number of halogens is 1. The van der Waals surface area contributed by atoms with Crippen LogP contribution < -0.4 is 34.7 Å². The van der Waals surface area contributed by atoms with Gasteiger partial charge in [-0.25, -0.2) is 0 Å². The molecule has 0 spiro atoms. The fourth-order valence-electron chi connectivity index (χ4n) is 1.40. The zero-order valence-electron chi connectivity index (χ0n) is 8.20. The number of carboxylic acids is 1. The van der Waals surface area contributed by atoms with Crippen LogP contribution in [0.2, 0.25) is 5.02 Å². The van der Waals surface area contributed by atoms with Crippen LogP contribution in [0.1, 0.15) is 5.69 Å². The molecule has 0 aromatic carbocycles. The molecule has 2 heterocycles. The first-order valence-corrected chi connectivity index (χ1v) is 4.45. The molecule has 0 bridgehead atoms. The van der Waals surface area contributed by atoms with E-state index in [0.29, 0.717) is 10.7 Å². The number of aliphatic carboxylic acids is 1. The predicted molar refractivity (Wildman–Crippen MR) is 46.8 cm³/mol. The van der Waals surface area contributed by atoms with Crippen molar-refractivity contribution in [3.05, 3.63) is 29.0 Å². The van der Waals surface area contributed by atoms with E-state index in [9.17, 15) is 9.90 Å². The van der Waals surface area contributed by atoms with E-state index >= 15 is 0 Å². The van der Waals surface area contributed by atoms with Crippen LogP contribution in [0.25, 0.3) is 0 Å². The largest absolute Gasteiger partial charge is 1.00 e. The summed E-state index contributed by atoms with van der Waals surface area (Å²) >= 11 is 5.86. The first-order valence-electron chi connectivity index (χ1n) is 4.07. The van der Waals surface area contributed by atoms with Gasteiger partial charge in [-0.05, 0) is 12.1 Å². The molecule has 15 heavy (non-hydrogen) atoms. The minimum Gasteiger partial charge on any atom is -0.549 e. The number of ether oxygens (including phenoxy) is 1. The fraction of sp³-hybridized carbons (Fsp3) is 0.333. The summed E-state index contributed by atoms with van der Waals surface area (Å²) < 4.78 is 4.89. The molecule has 0 aliphatic carbocycles. The summed E-state index contributed by atoms with van der Waals surface area (Å²) in [6, 6.07) is 3.25. The Balaban J connectivity index is 0.00000112. The van der Waals surface area contributed by atoms with Gasteiger partial charge in [-0.3, -0.25) is 4.98 Å². The van der Waals surface area contributed by atoms with Crippen molar-refractivity contribution in [2.24, 2.45) is 0 Å². The van der Waals surface area contributed by atoms with Gasteiger partial charge in [0.05, 0.1) is 29.9 Å². The van der Waals surface area contributed by atoms with Crippen molar-refractivity contribution in [3.8, 4) is 0 Å². The Hall–Kier alpha value is -0.130. The maximum absolute atomic E-state index is 11.0. The third-order valence-corrected chi connectivity index (χ3v) is 2.60. The summed E-state index contributed by atoms with van der Waals surface area (Å²) in [4.78, 5) is 14.9. The summed E-state index contributed by atoms with van der Waals surface area (Å²) in [6.45, 7) is 0.151. The fourth-order valence-corrected chi connectivity index (χ4v) is 1.70. The Morgan fingerprint density at radius 2 is 2.27 bits per heavy atom. The molecule has 1 aliphatic heterocycles. The van der Waals surface area contributed by atoms with Crippen LogP contribution in [0.15, 0.2) is 18.3 Å². The minimum absolute atomic E-state index is 0. The number of hydrogen-bond donors (Lipinski definition) is 0. The molecule has 0 unspecified atom stereocenters. The molecule has 0 amide bonds. The molecule has 1 aromatic rings. The maximum Gasteiger partial charge on any atom is 1.00 e. The molecule has 2 rings (SSSR count). The van der Waals surface area contributed by atoms with E-state index in [-0.39, 0.29) is 42.8 Å². The Morgan fingerprint density at radius 3 is 2.67 bits per heavy atom. The van der Waals surface area contributed by atoms with E-state index < -0.39 is 11.4 Å². The second-order valence-electron chi connectivity index (χ2n) is 3.20. The van der Waals surface area contributed by atoms with Crippen LogP contribution in [-0.2, 0) is 14.9 Å². The van der Waals surface area contributed by atoms with E-state index in [1.165, 1.54) is 6.20 Å². The monoisotopic (exact) mass is 235 g/mol. The van der Waals surface area contributed by atoms with Crippen molar-refractivity contribution in [1.29, 1.82) is 0 Å². The average Bonchev–Trinajstić information content (AvgIpc) is 2.05.